The highest BCUT2D eigenvalue weighted by atomic mass is 16.4. The lowest BCUT2D eigenvalue weighted by Gasteiger charge is -2.61. The first-order valence-electron chi connectivity index (χ1n) is 9.11. The average molecular weight is 334 g/mol. The highest BCUT2D eigenvalue weighted by molar-refractivity contribution is 5.75. The van der Waals surface area contributed by atoms with E-state index >= 15 is 0 Å². The van der Waals surface area contributed by atoms with Crippen molar-refractivity contribution in [3.63, 3.8) is 0 Å². The van der Waals surface area contributed by atoms with Crippen LogP contribution in [0.2, 0.25) is 0 Å². The van der Waals surface area contributed by atoms with Gasteiger partial charge in [0.1, 0.15) is 0 Å². The Morgan fingerprint density at radius 1 is 1.12 bits per heavy atom. The summed E-state index contributed by atoms with van der Waals surface area (Å²) < 4.78 is 0. The van der Waals surface area contributed by atoms with E-state index in [1.807, 2.05) is 0 Å². The molecule has 0 aromatic heterocycles. The van der Waals surface area contributed by atoms with E-state index < -0.39 is 22.8 Å². The fourth-order valence-corrected chi connectivity index (χ4v) is 6.63. The first-order chi connectivity index (χ1) is 11.0. The van der Waals surface area contributed by atoms with Crippen LogP contribution in [0.15, 0.2) is 12.2 Å². The van der Waals surface area contributed by atoms with Gasteiger partial charge in [-0.15, -0.1) is 0 Å². The van der Waals surface area contributed by atoms with Gasteiger partial charge in [-0.05, 0) is 74.0 Å². The molecule has 4 heteroatoms. The molecule has 1 spiro atoms. The van der Waals surface area contributed by atoms with E-state index in [-0.39, 0.29) is 29.1 Å². The molecule has 24 heavy (non-hydrogen) atoms. The summed E-state index contributed by atoms with van der Waals surface area (Å²) in [4.78, 5) is 23.6. The van der Waals surface area contributed by atoms with Gasteiger partial charge < -0.3 is 10.2 Å². The van der Waals surface area contributed by atoms with E-state index in [1.165, 1.54) is 0 Å². The van der Waals surface area contributed by atoms with E-state index in [1.54, 1.807) is 13.8 Å². The van der Waals surface area contributed by atoms with Gasteiger partial charge in [-0.2, -0.15) is 0 Å². The second kappa shape index (κ2) is 5.09. The van der Waals surface area contributed by atoms with Gasteiger partial charge >= 0.3 is 11.9 Å². The molecule has 3 aliphatic rings. The number of aliphatic carboxylic acids is 2. The summed E-state index contributed by atoms with van der Waals surface area (Å²) in [5.74, 6) is -1.49. The molecule has 0 radical (unpaired) electrons. The number of carbonyl (C=O) groups is 2. The second-order valence-electron chi connectivity index (χ2n) is 9.68. The summed E-state index contributed by atoms with van der Waals surface area (Å²) in [6.45, 7) is 7.90. The van der Waals surface area contributed by atoms with E-state index in [4.69, 9.17) is 0 Å². The topological polar surface area (TPSA) is 74.6 Å². The Balaban J connectivity index is 2.05. The molecule has 1 unspecified atom stereocenters. The Morgan fingerprint density at radius 3 is 2.38 bits per heavy atom. The molecule has 5 atom stereocenters. The van der Waals surface area contributed by atoms with Gasteiger partial charge in [0.25, 0.3) is 0 Å². The third-order valence-electron chi connectivity index (χ3n) is 7.69. The molecule has 0 aromatic rings. The molecule has 0 amide bonds. The standard InChI is InChI=1S/C20H30O4/c1-17(2,16(23)24)13-6-8-20-10-9-18(3,12-20)7-5-14(20)19(13,4)11-15(21)22/h9-10,13-14H,5-8,11-12H2,1-4H3,(H,21,22)(H,23,24)/t13-,14-,18?,19+,20+/m0/s1. The molecular weight excluding hydrogens is 304 g/mol. The van der Waals surface area contributed by atoms with Gasteiger partial charge in [-0.25, -0.2) is 0 Å². The number of allylic oxidation sites excluding steroid dienone is 2. The van der Waals surface area contributed by atoms with Crippen LogP contribution >= 0.6 is 0 Å². The van der Waals surface area contributed by atoms with Crippen LogP contribution in [0, 0.1) is 33.5 Å². The fourth-order valence-electron chi connectivity index (χ4n) is 6.63. The summed E-state index contributed by atoms with van der Waals surface area (Å²) in [6.07, 6.45) is 9.71. The Bertz CT molecular complexity index is 607. The minimum atomic E-state index is -0.908. The molecule has 0 aromatic carbocycles. The molecule has 0 saturated heterocycles. The van der Waals surface area contributed by atoms with Gasteiger partial charge in [0.15, 0.2) is 0 Å². The van der Waals surface area contributed by atoms with Crippen molar-refractivity contribution >= 4 is 11.9 Å². The van der Waals surface area contributed by atoms with Crippen molar-refractivity contribution in [2.75, 3.05) is 0 Å². The Kier molecular flexibility index (Phi) is 3.71. The predicted octanol–water partition coefficient (Wildman–Crippen LogP) is 4.35. The van der Waals surface area contributed by atoms with Crippen LogP contribution in [0.25, 0.3) is 0 Å². The van der Waals surface area contributed by atoms with Gasteiger partial charge in [0, 0.05) is 0 Å². The van der Waals surface area contributed by atoms with Crippen LogP contribution in [-0.2, 0) is 9.59 Å². The molecule has 0 heterocycles. The summed E-state index contributed by atoms with van der Waals surface area (Å²) in [5, 5.41) is 19.4. The van der Waals surface area contributed by atoms with Crippen molar-refractivity contribution in [1.82, 2.24) is 0 Å². The zero-order valence-electron chi connectivity index (χ0n) is 15.3. The normalized spacial score (nSPS) is 44.2. The minimum absolute atomic E-state index is 0.0609. The van der Waals surface area contributed by atoms with E-state index in [2.05, 4.69) is 26.0 Å². The summed E-state index contributed by atoms with van der Waals surface area (Å²) in [6, 6.07) is 0. The Hall–Kier alpha value is -1.32. The number of carboxylic acids is 2. The highest BCUT2D eigenvalue weighted by Gasteiger charge is 2.63. The Morgan fingerprint density at radius 2 is 1.79 bits per heavy atom. The molecular formula is C20H30O4. The van der Waals surface area contributed by atoms with Crippen molar-refractivity contribution < 1.29 is 19.8 Å². The number of fused-ring (bicyclic) bond motifs is 1. The maximum atomic E-state index is 11.9. The summed E-state index contributed by atoms with van der Waals surface area (Å²) in [5.41, 5.74) is -1.07. The largest absolute Gasteiger partial charge is 0.481 e. The smallest absolute Gasteiger partial charge is 0.309 e. The van der Waals surface area contributed by atoms with Gasteiger partial charge in [0.05, 0.1) is 11.8 Å². The molecule has 2 saturated carbocycles. The van der Waals surface area contributed by atoms with Crippen LogP contribution in [0.4, 0.5) is 0 Å². The molecule has 3 aliphatic carbocycles. The third-order valence-corrected chi connectivity index (χ3v) is 7.69. The predicted molar refractivity (Wildman–Crippen MR) is 91.5 cm³/mol. The van der Waals surface area contributed by atoms with Crippen molar-refractivity contribution in [2.45, 2.75) is 66.2 Å². The molecule has 134 valence electrons. The number of hydrogen-bond acceptors (Lipinski definition) is 2. The van der Waals surface area contributed by atoms with Crippen molar-refractivity contribution in [1.29, 1.82) is 0 Å². The average Bonchev–Trinajstić information content (AvgIpc) is 2.67. The number of rotatable bonds is 4. The van der Waals surface area contributed by atoms with E-state index in [0.717, 1.165) is 32.1 Å². The Labute approximate surface area is 144 Å². The monoisotopic (exact) mass is 334 g/mol. The highest BCUT2D eigenvalue weighted by Crippen LogP contribution is 2.69. The van der Waals surface area contributed by atoms with Crippen LogP contribution in [0.1, 0.15) is 66.2 Å². The van der Waals surface area contributed by atoms with Crippen molar-refractivity contribution in [3.8, 4) is 0 Å². The third kappa shape index (κ3) is 2.33. The van der Waals surface area contributed by atoms with Gasteiger partial charge in [-0.1, -0.05) is 26.0 Å². The first-order valence-corrected chi connectivity index (χ1v) is 9.11. The lowest BCUT2D eigenvalue weighted by Crippen LogP contribution is -2.56. The van der Waals surface area contributed by atoms with Gasteiger partial charge in [-0.3, -0.25) is 9.59 Å². The van der Waals surface area contributed by atoms with Crippen LogP contribution in [0.5, 0.6) is 0 Å². The second-order valence-corrected chi connectivity index (χ2v) is 9.68. The van der Waals surface area contributed by atoms with E-state index in [0.29, 0.717) is 0 Å². The molecule has 4 nitrogen and oxygen atoms in total. The lowest BCUT2D eigenvalue weighted by atomic mass is 9.43. The zero-order valence-corrected chi connectivity index (χ0v) is 15.3. The van der Waals surface area contributed by atoms with Gasteiger partial charge in [0.2, 0.25) is 0 Å². The minimum Gasteiger partial charge on any atom is -0.481 e. The molecule has 2 N–H and O–H groups in total. The SMILES string of the molecule is CC12C=C[C@]3(CC[C@@H](C(C)(C)C(=O)O)[C@@](C)(CC(=O)O)[C@@H]3CC1)C2. The fraction of sp³-hybridized carbons (Fsp3) is 0.800. The molecule has 2 bridgehead atoms. The molecule has 0 aliphatic heterocycles. The maximum Gasteiger partial charge on any atom is 0.309 e. The zero-order chi connectivity index (χ0) is 18.0. The van der Waals surface area contributed by atoms with E-state index in [9.17, 15) is 19.8 Å². The molecule has 2 fully saturated rings. The maximum absolute atomic E-state index is 11.9. The number of carboxylic acid groups (broad SMARTS) is 2. The van der Waals surface area contributed by atoms with Crippen molar-refractivity contribution in [2.24, 2.45) is 33.5 Å². The quantitative estimate of drug-likeness (QED) is 0.750. The summed E-state index contributed by atoms with van der Waals surface area (Å²) >= 11 is 0. The first kappa shape index (κ1) is 17.5. The van der Waals surface area contributed by atoms with Crippen LogP contribution in [-0.4, -0.2) is 22.2 Å². The number of hydrogen-bond donors (Lipinski definition) is 2. The lowest BCUT2D eigenvalue weighted by molar-refractivity contribution is -0.172. The summed E-state index contributed by atoms with van der Waals surface area (Å²) in [7, 11) is 0. The molecule has 3 rings (SSSR count). The van der Waals surface area contributed by atoms with Crippen LogP contribution < -0.4 is 0 Å². The van der Waals surface area contributed by atoms with Crippen LogP contribution in [0.3, 0.4) is 0 Å². The van der Waals surface area contributed by atoms with Crippen molar-refractivity contribution in [3.05, 3.63) is 12.2 Å².